The minimum Gasteiger partial charge on any atom is -0.381 e. The molecule has 0 radical (unpaired) electrons. The van der Waals surface area contributed by atoms with Crippen molar-refractivity contribution in [3.63, 3.8) is 0 Å². The number of ether oxygens (including phenoxy) is 1. The fourth-order valence-corrected chi connectivity index (χ4v) is 2.73. The van der Waals surface area contributed by atoms with Crippen LogP contribution in [0.5, 0.6) is 0 Å². The minimum absolute atomic E-state index is 0.0394. The smallest absolute Gasteiger partial charge is 0.0469 e. The first-order valence-corrected chi connectivity index (χ1v) is 6.16. The summed E-state index contributed by atoms with van der Waals surface area (Å²) in [6.45, 7) is 3.71. The molecule has 1 heterocycles. The van der Waals surface area contributed by atoms with Crippen LogP contribution in [-0.4, -0.2) is 13.2 Å². The molecule has 0 amide bonds. The highest BCUT2D eigenvalue weighted by atomic mass is 35.5. The van der Waals surface area contributed by atoms with Crippen molar-refractivity contribution in [1.82, 2.24) is 0 Å². The van der Waals surface area contributed by atoms with Gasteiger partial charge in [-0.05, 0) is 42.9 Å². The lowest BCUT2D eigenvalue weighted by atomic mass is 9.86. The molecule has 0 spiro atoms. The Labute approximate surface area is 102 Å². The van der Waals surface area contributed by atoms with Gasteiger partial charge in [-0.2, -0.15) is 0 Å². The second kappa shape index (κ2) is 5.17. The molecule has 0 bridgehead atoms. The van der Waals surface area contributed by atoms with Crippen molar-refractivity contribution in [2.45, 2.75) is 25.8 Å². The highest BCUT2D eigenvalue weighted by Crippen LogP contribution is 2.33. The van der Waals surface area contributed by atoms with Crippen LogP contribution >= 0.6 is 11.6 Å². The van der Waals surface area contributed by atoms with Crippen molar-refractivity contribution in [2.24, 2.45) is 11.7 Å². The van der Waals surface area contributed by atoms with E-state index in [1.165, 1.54) is 5.56 Å². The molecule has 1 aromatic rings. The molecule has 3 heteroatoms. The summed E-state index contributed by atoms with van der Waals surface area (Å²) in [6.07, 6.45) is 2.07. The molecule has 16 heavy (non-hydrogen) atoms. The van der Waals surface area contributed by atoms with Crippen molar-refractivity contribution >= 4 is 11.6 Å². The van der Waals surface area contributed by atoms with E-state index in [4.69, 9.17) is 22.1 Å². The first kappa shape index (κ1) is 11.9. The van der Waals surface area contributed by atoms with Gasteiger partial charge in [0.25, 0.3) is 0 Å². The number of rotatable bonds is 2. The van der Waals surface area contributed by atoms with E-state index in [1.54, 1.807) is 0 Å². The molecule has 88 valence electrons. The van der Waals surface area contributed by atoms with E-state index in [2.05, 4.69) is 13.0 Å². The van der Waals surface area contributed by atoms with Gasteiger partial charge in [0.1, 0.15) is 0 Å². The predicted molar refractivity (Wildman–Crippen MR) is 66.7 cm³/mol. The Morgan fingerprint density at radius 3 is 2.69 bits per heavy atom. The lowest BCUT2D eigenvalue weighted by molar-refractivity contribution is 0.0583. The highest BCUT2D eigenvalue weighted by molar-refractivity contribution is 6.31. The van der Waals surface area contributed by atoms with E-state index < -0.39 is 0 Å². The Morgan fingerprint density at radius 1 is 1.38 bits per heavy atom. The molecular formula is C13H18ClNO. The van der Waals surface area contributed by atoms with Gasteiger partial charge in [-0.15, -0.1) is 0 Å². The van der Waals surface area contributed by atoms with Crippen molar-refractivity contribution in [1.29, 1.82) is 0 Å². The van der Waals surface area contributed by atoms with Crippen LogP contribution in [0.3, 0.4) is 0 Å². The largest absolute Gasteiger partial charge is 0.381 e. The van der Waals surface area contributed by atoms with E-state index in [9.17, 15) is 0 Å². The van der Waals surface area contributed by atoms with Gasteiger partial charge in [0.05, 0.1) is 0 Å². The van der Waals surface area contributed by atoms with Gasteiger partial charge < -0.3 is 10.5 Å². The molecule has 1 aromatic carbocycles. The lowest BCUT2D eigenvalue weighted by Gasteiger charge is -2.29. The zero-order valence-electron chi connectivity index (χ0n) is 9.58. The third-order valence-electron chi connectivity index (χ3n) is 3.38. The number of nitrogens with two attached hydrogens (primary N) is 1. The predicted octanol–water partition coefficient (Wildman–Crippen LogP) is 3.07. The zero-order valence-corrected chi connectivity index (χ0v) is 10.3. The molecular weight excluding hydrogens is 222 g/mol. The fourth-order valence-electron chi connectivity index (χ4n) is 2.38. The standard InChI is InChI=1S/C13H18ClNO/c1-9-3-2-4-11(14)12(9)13(15)10-5-7-16-8-6-10/h2-4,10,13H,5-8,15H2,1H3/t13-/m0/s1. The maximum absolute atomic E-state index is 6.33. The second-order valence-corrected chi connectivity index (χ2v) is 4.85. The summed E-state index contributed by atoms with van der Waals surface area (Å²) in [5, 5.41) is 0.791. The number of halogens is 1. The van der Waals surface area contributed by atoms with Crippen LogP contribution in [0.2, 0.25) is 5.02 Å². The number of hydrogen-bond donors (Lipinski definition) is 1. The van der Waals surface area contributed by atoms with Crippen LogP contribution in [-0.2, 0) is 4.74 Å². The van der Waals surface area contributed by atoms with Crippen LogP contribution < -0.4 is 5.73 Å². The third kappa shape index (κ3) is 2.40. The monoisotopic (exact) mass is 239 g/mol. The molecule has 1 aliphatic heterocycles. The second-order valence-electron chi connectivity index (χ2n) is 4.45. The third-order valence-corrected chi connectivity index (χ3v) is 3.71. The molecule has 0 aliphatic carbocycles. The van der Waals surface area contributed by atoms with Gasteiger partial charge in [-0.25, -0.2) is 0 Å². The summed E-state index contributed by atoms with van der Waals surface area (Å²) in [4.78, 5) is 0. The van der Waals surface area contributed by atoms with E-state index in [1.807, 2.05) is 12.1 Å². The van der Waals surface area contributed by atoms with E-state index in [-0.39, 0.29) is 6.04 Å². The van der Waals surface area contributed by atoms with Crippen LogP contribution in [0, 0.1) is 12.8 Å². The summed E-state index contributed by atoms with van der Waals surface area (Å²) >= 11 is 6.23. The summed E-state index contributed by atoms with van der Waals surface area (Å²) in [6, 6.07) is 6.00. The molecule has 1 atom stereocenters. The first-order valence-electron chi connectivity index (χ1n) is 5.78. The quantitative estimate of drug-likeness (QED) is 0.861. The van der Waals surface area contributed by atoms with Gasteiger partial charge in [0, 0.05) is 24.3 Å². The van der Waals surface area contributed by atoms with Crippen molar-refractivity contribution < 1.29 is 4.74 Å². The SMILES string of the molecule is Cc1cccc(Cl)c1[C@@H](N)C1CCOCC1. The minimum atomic E-state index is 0.0394. The maximum Gasteiger partial charge on any atom is 0.0469 e. The topological polar surface area (TPSA) is 35.2 Å². The first-order chi connectivity index (χ1) is 7.70. The van der Waals surface area contributed by atoms with Gasteiger partial charge in [-0.3, -0.25) is 0 Å². The normalized spacial score (nSPS) is 19.7. The van der Waals surface area contributed by atoms with Crippen LogP contribution in [0.15, 0.2) is 18.2 Å². The van der Waals surface area contributed by atoms with Gasteiger partial charge in [-0.1, -0.05) is 23.7 Å². The fraction of sp³-hybridized carbons (Fsp3) is 0.538. The summed E-state index contributed by atoms with van der Waals surface area (Å²) in [5.41, 5.74) is 8.63. The molecule has 1 saturated heterocycles. The highest BCUT2D eigenvalue weighted by Gasteiger charge is 2.24. The lowest BCUT2D eigenvalue weighted by Crippen LogP contribution is -2.28. The molecule has 0 saturated carbocycles. The van der Waals surface area contributed by atoms with Crippen LogP contribution in [0.4, 0.5) is 0 Å². The van der Waals surface area contributed by atoms with Crippen molar-refractivity contribution in [2.75, 3.05) is 13.2 Å². The molecule has 1 aliphatic rings. The van der Waals surface area contributed by atoms with E-state index in [0.29, 0.717) is 5.92 Å². The molecule has 2 N–H and O–H groups in total. The van der Waals surface area contributed by atoms with Crippen LogP contribution in [0.25, 0.3) is 0 Å². The van der Waals surface area contributed by atoms with Crippen molar-refractivity contribution in [3.8, 4) is 0 Å². The Morgan fingerprint density at radius 2 is 2.06 bits per heavy atom. The Balaban J connectivity index is 2.22. The summed E-state index contributed by atoms with van der Waals surface area (Å²) in [5.74, 6) is 0.493. The average Bonchev–Trinajstić information content (AvgIpc) is 2.30. The molecule has 2 nitrogen and oxygen atoms in total. The number of benzene rings is 1. The van der Waals surface area contributed by atoms with E-state index >= 15 is 0 Å². The summed E-state index contributed by atoms with van der Waals surface area (Å²) in [7, 11) is 0. The van der Waals surface area contributed by atoms with E-state index in [0.717, 1.165) is 36.6 Å². The molecule has 0 unspecified atom stereocenters. The number of hydrogen-bond acceptors (Lipinski definition) is 2. The zero-order chi connectivity index (χ0) is 11.5. The van der Waals surface area contributed by atoms with Gasteiger partial charge >= 0.3 is 0 Å². The Bertz CT molecular complexity index is 341. The van der Waals surface area contributed by atoms with Crippen molar-refractivity contribution in [3.05, 3.63) is 34.3 Å². The molecule has 2 rings (SSSR count). The van der Waals surface area contributed by atoms with Crippen LogP contribution in [0.1, 0.15) is 30.0 Å². The van der Waals surface area contributed by atoms with Gasteiger partial charge in [0.15, 0.2) is 0 Å². The molecule has 0 aromatic heterocycles. The average molecular weight is 240 g/mol. The van der Waals surface area contributed by atoms with Gasteiger partial charge in [0.2, 0.25) is 0 Å². The Kier molecular flexibility index (Phi) is 3.85. The number of aryl methyl sites for hydroxylation is 1. The summed E-state index contributed by atoms with van der Waals surface area (Å²) < 4.78 is 5.36. The Hall–Kier alpha value is -0.570. The molecule has 1 fully saturated rings. The maximum atomic E-state index is 6.33.